The number of hydrogen-bond acceptors (Lipinski definition) is 6. The van der Waals surface area contributed by atoms with Crippen LogP contribution >= 0.6 is 0 Å². The Bertz CT molecular complexity index is 845. The van der Waals surface area contributed by atoms with Crippen LogP contribution in [0, 0.1) is 20.2 Å². The Morgan fingerprint density at radius 1 is 1.04 bits per heavy atom. The number of rotatable bonds is 6. The largest absolute Gasteiger partial charge is 0.478 e. The van der Waals surface area contributed by atoms with Crippen molar-refractivity contribution in [2.45, 2.75) is 0 Å². The molecule has 24 heavy (non-hydrogen) atoms. The molecule has 0 spiro atoms. The third-order valence-corrected chi connectivity index (χ3v) is 2.89. The zero-order chi connectivity index (χ0) is 17.7. The van der Waals surface area contributed by atoms with Gasteiger partial charge in [-0.25, -0.2) is 4.79 Å². The van der Waals surface area contributed by atoms with Crippen LogP contribution in [0.1, 0.15) is 5.56 Å². The van der Waals surface area contributed by atoms with Gasteiger partial charge in [-0.1, -0.05) is 18.2 Å². The molecule has 0 aliphatic rings. The second-order valence-electron chi connectivity index (χ2n) is 4.48. The van der Waals surface area contributed by atoms with Crippen LogP contribution in [0.4, 0.5) is 11.4 Å². The summed E-state index contributed by atoms with van der Waals surface area (Å²) in [4.78, 5) is 30.9. The predicted octanol–water partition coefficient (Wildman–Crippen LogP) is 3.39. The van der Waals surface area contributed by atoms with Gasteiger partial charge in [-0.3, -0.25) is 20.2 Å². The standard InChI is InChI=1S/C15H10N2O7/c18-15(19)8-5-10-3-1-2-4-13(10)24-14-7-6-11(16(20)21)9-12(14)17(22)23/h1-9H,(H,18,19). The lowest BCUT2D eigenvalue weighted by Crippen LogP contribution is -1.97. The Hall–Kier alpha value is -3.75. The third-order valence-electron chi connectivity index (χ3n) is 2.89. The predicted molar refractivity (Wildman–Crippen MR) is 82.9 cm³/mol. The van der Waals surface area contributed by atoms with Crippen molar-refractivity contribution >= 4 is 23.4 Å². The van der Waals surface area contributed by atoms with Gasteiger partial charge in [-0.05, 0) is 18.2 Å². The number of hydrogen-bond donors (Lipinski definition) is 1. The Labute approximate surface area is 134 Å². The maximum atomic E-state index is 11.1. The molecule has 2 aromatic rings. The Kier molecular flexibility index (Phi) is 4.85. The minimum Gasteiger partial charge on any atom is -0.478 e. The first-order valence-corrected chi connectivity index (χ1v) is 6.49. The van der Waals surface area contributed by atoms with Crippen molar-refractivity contribution in [2.75, 3.05) is 0 Å². The highest BCUT2D eigenvalue weighted by atomic mass is 16.6. The van der Waals surface area contributed by atoms with Crippen molar-refractivity contribution in [1.29, 1.82) is 0 Å². The topological polar surface area (TPSA) is 133 Å². The maximum Gasteiger partial charge on any atom is 0.328 e. The van der Waals surface area contributed by atoms with E-state index in [-0.39, 0.29) is 11.5 Å². The lowest BCUT2D eigenvalue weighted by atomic mass is 10.2. The van der Waals surface area contributed by atoms with Crippen LogP contribution in [0.15, 0.2) is 48.5 Å². The first kappa shape index (κ1) is 16.6. The lowest BCUT2D eigenvalue weighted by Gasteiger charge is -2.09. The number of nitrogens with zero attached hydrogens (tertiary/aromatic N) is 2. The van der Waals surface area contributed by atoms with Crippen LogP contribution in [0.2, 0.25) is 0 Å². The lowest BCUT2D eigenvalue weighted by molar-refractivity contribution is -0.394. The summed E-state index contributed by atoms with van der Waals surface area (Å²) < 4.78 is 5.46. The van der Waals surface area contributed by atoms with Gasteiger partial charge in [-0.15, -0.1) is 0 Å². The fraction of sp³-hybridized carbons (Fsp3) is 0. The van der Waals surface area contributed by atoms with E-state index in [2.05, 4.69) is 0 Å². The number of carboxylic acid groups (broad SMARTS) is 1. The van der Waals surface area contributed by atoms with Crippen LogP contribution in [0.25, 0.3) is 6.08 Å². The fourth-order valence-electron chi connectivity index (χ4n) is 1.84. The van der Waals surface area contributed by atoms with E-state index >= 15 is 0 Å². The van der Waals surface area contributed by atoms with Crippen LogP contribution in [0.5, 0.6) is 11.5 Å². The number of nitro benzene ring substituents is 2. The fourth-order valence-corrected chi connectivity index (χ4v) is 1.84. The van der Waals surface area contributed by atoms with E-state index in [0.717, 1.165) is 24.3 Å². The average molecular weight is 330 g/mol. The number of ether oxygens (including phenoxy) is 1. The molecule has 0 heterocycles. The molecule has 0 aromatic heterocycles. The number of carboxylic acids is 1. The van der Waals surface area contributed by atoms with Gasteiger partial charge in [0.05, 0.1) is 15.9 Å². The molecule has 0 fully saturated rings. The van der Waals surface area contributed by atoms with Crippen molar-refractivity contribution in [3.63, 3.8) is 0 Å². The van der Waals surface area contributed by atoms with Crippen molar-refractivity contribution < 1.29 is 24.5 Å². The normalized spacial score (nSPS) is 10.5. The monoisotopic (exact) mass is 330 g/mol. The van der Waals surface area contributed by atoms with Crippen molar-refractivity contribution in [3.8, 4) is 11.5 Å². The van der Waals surface area contributed by atoms with E-state index < -0.39 is 27.2 Å². The van der Waals surface area contributed by atoms with Crippen LogP contribution < -0.4 is 4.74 Å². The molecule has 0 saturated heterocycles. The van der Waals surface area contributed by atoms with Gasteiger partial charge in [0.2, 0.25) is 5.75 Å². The van der Waals surface area contributed by atoms with E-state index in [4.69, 9.17) is 9.84 Å². The maximum absolute atomic E-state index is 11.1. The number of benzene rings is 2. The first-order chi connectivity index (χ1) is 11.4. The highest BCUT2D eigenvalue weighted by Crippen LogP contribution is 2.35. The zero-order valence-electron chi connectivity index (χ0n) is 12.0. The smallest absolute Gasteiger partial charge is 0.328 e. The van der Waals surface area contributed by atoms with Gasteiger partial charge < -0.3 is 9.84 Å². The molecule has 0 aliphatic carbocycles. The van der Waals surface area contributed by atoms with Crippen LogP contribution in [0.3, 0.4) is 0 Å². The van der Waals surface area contributed by atoms with Gasteiger partial charge in [0.1, 0.15) is 5.75 Å². The number of carbonyl (C=O) groups is 1. The summed E-state index contributed by atoms with van der Waals surface area (Å²) >= 11 is 0. The molecule has 122 valence electrons. The molecule has 9 nitrogen and oxygen atoms in total. The Morgan fingerprint density at radius 3 is 2.38 bits per heavy atom. The van der Waals surface area contributed by atoms with E-state index in [9.17, 15) is 25.0 Å². The van der Waals surface area contributed by atoms with Gasteiger partial charge in [-0.2, -0.15) is 0 Å². The Morgan fingerprint density at radius 2 is 1.75 bits per heavy atom. The second-order valence-corrected chi connectivity index (χ2v) is 4.48. The molecule has 0 atom stereocenters. The zero-order valence-corrected chi connectivity index (χ0v) is 12.0. The van der Waals surface area contributed by atoms with Gasteiger partial charge in [0, 0.05) is 17.7 Å². The summed E-state index contributed by atoms with van der Waals surface area (Å²) in [5.41, 5.74) is -0.623. The number of aliphatic carboxylic acids is 1. The SMILES string of the molecule is O=C(O)C=Cc1ccccc1Oc1ccc([N+](=O)[O-])cc1[N+](=O)[O-]. The third kappa shape index (κ3) is 3.91. The first-order valence-electron chi connectivity index (χ1n) is 6.49. The molecule has 0 saturated carbocycles. The summed E-state index contributed by atoms with van der Waals surface area (Å²) in [5.74, 6) is -1.18. The van der Waals surface area contributed by atoms with E-state index in [1.807, 2.05) is 0 Å². The minimum atomic E-state index is -1.16. The number of para-hydroxylation sites is 1. The van der Waals surface area contributed by atoms with Crippen LogP contribution in [-0.4, -0.2) is 20.9 Å². The highest BCUT2D eigenvalue weighted by molar-refractivity contribution is 5.86. The van der Waals surface area contributed by atoms with Crippen molar-refractivity contribution in [3.05, 3.63) is 74.3 Å². The quantitative estimate of drug-likeness (QED) is 0.487. The van der Waals surface area contributed by atoms with E-state index in [1.165, 1.54) is 12.1 Å². The summed E-state index contributed by atoms with van der Waals surface area (Å²) in [6, 6.07) is 9.29. The van der Waals surface area contributed by atoms with E-state index in [1.54, 1.807) is 18.2 Å². The van der Waals surface area contributed by atoms with Crippen molar-refractivity contribution in [1.82, 2.24) is 0 Å². The highest BCUT2D eigenvalue weighted by Gasteiger charge is 2.21. The molecule has 2 rings (SSSR count). The second kappa shape index (κ2) is 7.01. The summed E-state index contributed by atoms with van der Waals surface area (Å²) in [7, 11) is 0. The van der Waals surface area contributed by atoms with Crippen molar-refractivity contribution in [2.24, 2.45) is 0 Å². The van der Waals surface area contributed by atoms with Gasteiger partial charge in [0.25, 0.3) is 5.69 Å². The molecule has 0 unspecified atom stereocenters. The molecule has 0 amide bonds. The van der Waals surface area contributed by atoms with Gasteiger partial charge >= 0.3 is 11.7 Å². The van der Waals surface area contributed by atoms with E-state index in [0.29, 0.717) is 5.56 Å². The molecule has 0 aliphatic heterocycles. The molecule has 0 radical (unpaired) electrons. The number of nitro groups is 2. The summed E-state index contributed by atoms with van der Waals surface area (Å²) in [6.07, 6.45) is 2.17. The molecule has 9 heteroatoms. The van der Waals surface area contributed by atoms with Gasteiger partial charge in [0.15, 0.2) is 0 Å². The Balaban J connectivity index is 2.43. The molecule has 0 bridgehead atoms. The summed E-state index contributed by atoms with van der Waals surface area (Å²) in [6.45, 7) is 0. The molecule has 2 aromatic carbocycles. The average Bonchev–Trinajstić information content (AvgIpc) is 2.53. The summed E-state index contributed by atoms with van der Waals surface area (Å²) in [5, 5.41) is 30.5. The van der Waals surface area contributed by atoms with Crippen LogP contribution in [-0.2, 0) is 4.79 Å². The minimum absolute atomic E-state index is 0.173. The number of non-ortho nitro benzene ring substituents is 1. The molecule has 1 N–H and O–H groups in total. The molecular formula is C15H10N2O7. The molecular weight excluding hydrogens is 320 g/mol.